The van der Waals surface area contributed by atoms with Crippen molar-refractivity contribution in [1.82, 2.24) is 15.6 Å². The first-order valence-corrected chi connectivity index (χ1v) is 7.73. The zero-order valence-corrected chi connectivity index (χ0v) is 13.6. The maximum atomic E-state index is 11.8. The number of pyridine rings is 1. The molecule has 0 spiro atoms. The topological polar surface area (TPSA) is 80.3 Å². The Hall–Kier alpha value is -2.89. The van der Waals surface area contributed by atoms with Crippen LogP contribution in [0.5, 0.6) is 5.75 Å². The summed E-state index contributed by atoms with van der Waals surface area (Å²) in [5.74, 6) is 0.453. The third-order valence-electron chi connectivity index (χ3n) is 3.42. The molecule has 2 rings (SSSR count). The molecule has 0 atom stereocenters. The Labute approximate surface area is 141 Å². The van der Waals surface area contributed by atoms with Crippen LogP contribution in [0.2, 0.25) is 0 Å². The van der Waals surface area contributed by atoms with Gasteiger partial charge in [-0.1, -0.05) is 18.2 Å². The predicted molar refractivity (Wildman–Crippen MR) is 90.2 cm³/mol. The van der Waals surface area contributed by atoms with E-state index in [-0.39, 0.29) is 24.7 Å². The molecule has 0 aliphatic carbocycles. The highest BCUT2D eigenvalue weighted by Crippen LogP contribution is 2.10. The van der Waals surface area contributed by atoms with Gasteiger partial charge in [-0.3, -0.25) is 14.6 Å². The van der Waals surface area contributed by atoms with Crippen LogP contribution in [-0.4, -0.2) is 23.9 Å². The number of nitrogens with zero attached hydrogens (tertiary/aromatic N) is 1. The van der Waals surface area contributed by atoms with Gasteiger partial charge in [0.1, 0.15) is 5.75 Å². The molecule has 2 amide bonds. The van der Waals surface area contributed by atoms with Crippen molar-refractivity contribution in [3.05, 3.63) is 59.9 Å². The lowest BCUT2D eigenvalue weighted by Crippen LogP contribution is -2.27. The van der Waals surface area contributed by atoms with Gasteiger partial charge >= 0.3 is 0 Å². The Morgan fingerprint density at radius 2 is 1.62 bits per heavy atom. The second-order valence-electron chi connectivity index (χ2n) is 5.22. The van der Waals surface area contributed by atoms with Crippen molar-refractivity contribution in [1.29, 1.82) is 0 Å². The number of hydrogen-bond donors (Lipinski definition) is 2. The molecule has 0 saturated heterocycles. The number of aromatic nitrogens is 1. The number of benzene rings is 1. The van der Waals surface area contributed by atoms with E-state index in [0.717, 1.165) is 17.0 Å². The molecule has 1 heterocycles. The minimum atomic E-state index is -0.166. The summed E-state index contributed by atoms with van der Waals surface area (Å²) in [6.07, 6.45) is 1.99. The number of amides is 2. The predicted octanol–water partition coefficient (Wildman–Crippen LogP) is 1.80. The fourth-order valence-electron chi connectivity index (χ4n) is 2.04. The molecule has 0 aliphatic rings. The van der Waals surface area contributed by atoms with Crippen LogP contribution in [0, 0.1) is 0 Å². The molecule has 0 radical (unpaired) electrons. The SMILES string of the molecule is COc1ccc(CNC(=O)CCC(=O)NCc2ccccn2)cc1. The maximum Gasteiger partial charge on any atom is 0.220 e. The zero-order valence-electron chi connectivity index (χ0n) is 13.6. The second kappa shape index (κ2) is 9.29. The van der Waals surface area contributed by atoms with Crippen LogP contribution >= 0.6 is 0 Å². The molecular formula is C18H21N3O3. The number of rotatable bonds is 8. The monoisotopic (exact) mass is 327 g/mol. The van der Waals surface area contributed by atoms with Crippen molar-refractivity contribution >= 4 is 11.8 Å². The fourth-order valence-corrected chi connectivity index (χ4v) is 2.04. The van der Waals surface area contributed by atoms with Crippen LogP contribution in [-0.2, 0) is 22.7 Å². The molecule has 6 heteroatoms. The summed E-state index contributed by atoms with van der Waals surface area (Å²) in [4.78, 5) is 27.6. The van der Waals surface area contributed by atoms with E-state index in [1.165, 1.54) is 0 Å². The van der Waals surface area contributed by atoms with Crippen LogP contribution in [0.15, 0.2) is 48.7 Å². The molecule has 1 aromatic carbocycles. The van der Waals surface area contributed by atoms with Gasteiger partial charge in [-0.25, -0.2) is 0 Å². The Morgan fingerprint density at radius 1 is 0.958 bits per heavy atom. The van der Waals surface area contributed by atoms with E-state index in [1.54, 1.807) is 13.3 Å². The Bertz CT molecular complexity index is 657. The second-order valence-corrected chi connectivity index (χ2v) is 5.22. The smallest absolute Gasteiger partial charge is 0.220 e. The summed E-state index contributed by atoms with van der Waals surface area (Å²) in [5.41, 5.74) is 1.76. The van der Waals surface area contributed by atoms with Gasteiger partial charge in [0.05, 0.1) is 19.3 Å². The molecule has 126 valence electrons. The molecule has 0 saturated carbocycles. The number of methoxy groups -OCH3 is 1. The lowest BCUT2D eigenvalue weighted by atomic mass is 10.2. The molecule has 1 aromatic heterocycles. The third kappa shape index (κ3) is 6.08. The van der Waals surface area contributed by atoms with E-state index in [1.807, 2.05) is 42.5 Å². The molecular weight excluding hydrogens is 306 g/mol. The van der Waals surface area contributed by atoms with Gasteiger partial charge < -0.3 is 15.4 Å². The minimum absolute atomic E-state index is 0.154. The van der Waals surface area contributed by atoms with E-state index >= 15 is 0 Å². The van der Waals surface area contributed by atoms with Crippen LogP contribution in [0.3, 0.4) is 0 Å². The summed E-state index contributed by atoms with van der Waals surface area (Å²) in [6.45, 7) is 0.797. The molecule has 24 heavy (non-hydrogen) atoms. The maximum absolute atomic E-state index is 11.8. The van der Waals surface area contributed by atoms with E-state index in [4.69, 9.17) is 4.74 Å². The average Bonchev–Trinajstić information content (AvgIpc) is 2.64. The van der Waals surface area contributed by atoms with E-state index in [9.17, 15) is 9.59 Å². The Balaban J connectivity index is 1.64. The van der Waals surface area contributed by atoms with Crippen molar-refractivity contribution in [2.45, 2.75) is 25.9 Å². The van der Waals surface area contributed by atoms with Crippen LogP contribution in [0.4, 0.5) is 0 Å². The van der Waals surface area contributed by atoms with Gasteiger partial charge in [-0.2, -0.15) is 0 Å². The number of carbonyl (C=O) groups excluding carboxylic acids is 2. The average molecular weight is 327 g/mol. The molecule has 0 fully saturated rings. The molecule has 2 aromatic rings. The molecule has 2 N–H and O–H groups in total. The van der Waals surface area contributed by atoms with E-state index < -0.39 is 0 Å². The molecule has 0 aliphatic heterocycles. The van der Waals surface area contributed by atoms with Crippen LogP contribution in [0.1, 0.15) is 24.1 Å². The first-order chi connectivity index (χ1) is 11.7. The van der Waals surface area contributed by atoms with Crippen LogP contribution < -0.4 is 15.4 Å². The van der Waals surface area contributed by atoms with E-state index in [0.29, 0.717) is 13.1 Å². The first-order valence-electron chi connectivity index (χ1n) is 7.73. The summed E-state index contributed by atoms with van der Waals surface area (Å²) < 4.78 is 5.08. The van der Waals surface area contributed by atoms with Crippen LogP contribution in [0.25, 0.3) is 0 Å². The van der Waals surface area contributed by atoms with Gasteiger partial charge in [0.15, 0.2) is 0 Å². The van der Waals surface area contributed by atoms with Crippen molar-refractivity contribution in [3.8, 4) is 5.75 Å². The lowest BCUT2D eigenvalue weighted by Gasteiger charge is -2.07. The third-order valence-corrected chi connectivity index (χ3v) is 3.42. The summed E-state index contributed by atoms with van der Waals surface area (Å²) in [5, 5.41) is 5.54. The van der Waals surface area contributed by atoms with Crippen molar-refractivity contribution < 1.29 is 14.3 Å². The van der Waals surface area contributed by atoms with Crippen molar-refractivity contribution in [2.24, 2.45) is 0 Å². The number of carbonyl (C=O) groups is 2. The zero-order chi connectivity index (χ0) is 17.2. The lowest BCUT2D eigenvalue weighted by molar-refractivity contribution is -0.126. The van der Waals surface area contributed by atoms with Gasteiger partial charge in [0.25, 0.3) is 0 Å². The Morgan fingerprint density at radius 3 is 2.21 bits per heavy atom. The summed E-state index contributed by atoms with van der Waals surface area (Å²) >= 11 is 0. The Kier molecular flexibility index (Phi) is 6.76. The van der Waals surface area contributed by atoms with Gasteiger partial charge in [-0.15, -0.1) is 0 Å². The van der Waals surface area contributed by atoms with E-state index in [2.05, 4.69) is 15.6 Å². The summed E-state index contributed by atoms with van der Waals surface area (Å²) in [7, 11) is 1.61. The first kappa shape index (κ1) is 17.5. The normalized spacial score (nSPS) is 10.0. The van der Waals surface area contributed by atoms with Gasteiger partial charge in [0, 0.05) is 25.6 Å². The highest BCUT2D eigenvalue weighted by molar-refractivity contribution is 5.83. The molecule has 0 bridgehead atoms. The quantitative estimate of drug-likeness (QED) is 0.775. The summed E-state index contributed by atoms with van der Waals surface area (Å²) in [6, 6.07) is 13.0. The van der Waals surface area contributed by atoms with Crippen molar-refractivity contribution in [3.63, 3.8) is 0 Å². The number of nitrogens with one attached hydrogen (secondary N) is 2. The molecule has 0 unspecified atom stereocenters. The highest BCUT2D eigenvalue weighted by Gasteiger charge is 2.07. The largest absolute Gasteiger partial charge is 0.497 e. The van der Waals surface area contributed by atoms with Crippen molar-refractivity contribution in [2.75, 3.05) is 7.11 Å². The standard InChI is InChI=1S/C18H21N3O3/c1-24-16-7-5-14(6-8-16)12-20-17(22)9-10-18(23)21-13-15-4-2-3-11-19-15/h2-8,11H,9-10,12-13H2,1H3,(H,20,22)(H,21,23). The fraction of sp³-hybridized carbons (Fsp3) is 0.278. The molecule has 6 nitrogen and oxygen atoms in total. The van der Waals surface area contributed by atoms with Gasteiger partial charge in [-0.05, 0) is 29.8 Å². The van der Waals surface area contributed by atoms with Gasteiger partial charge in [0.2, 0.25) is 11.8 Å². The number of ether oxygens (including phenoxy) is 1. The minimum Gasteiger partial charge on any atom is -0.497 e. The number of hydrogen-bond acceptors (Lipinski definition) is 4. The highest BCUT2D eigenvalue weighted by atomic mass is 16.5.